The number of guanidine groups is 1. The second kappa shape index (κ2) is 13.4. The molecule has 1 fully saturated rings. The Morgan fingerprint density at radius 2 is 1.78 bits per heavy atom. The van der Waals surface area contributed by atoms with Crippen LogP contribution in [0.15, 0.2) is 53.5 Å². The predicted molar refractivity (Wildman–Crippen MR) is 133 cm³/mol. The molecule has 0 spiro atoms. The third-order valence-electron chi connectivity index (χ3n) is 5.33. The van der Waals surface area contributed by atoms with Crippen molar-refractivity contribution in [2.75, 3.05) is 33.8 Å². The summed E-state index contributed by atoms with van der Waals surface area (Å²) in [6, 6.07) is 15.0. The normalized spacial score (nSPS) is 15.2. The number of rotatable bonds is 9. The molecule has 9 heteroatoms. The van der Waals surface area contributed by atoms with Gasteiger partial charge in [0.15, 0.2) is 5.96 Å². The number of alkyl halides is 2. The van der Waals surface area contributed by atoms with E-state index in [0.717, 1.165) is 24.4 Å². The number of hydrogen-bond donors (Lipinski definition) is 2. The van der Waals surface area contributed by atoms with Gasteiger partial charge in [-0.3, -0.25) is 9.89 Å². The Morgan fingerprint density at radius 1 is 1.06 bits per heavy atom. The summed E-state index contributed by atoms with van der Waals surface area (Å²) in [6.07, 6.45) is 2.40. The number of halogens is 3. The summed E-state index contributed by atoms with van der Waals surface area (Å²) in [4.78, 5) is 6.77. The second-order valence-corrected chi connectivity index (χ2v) is 7.37. The molecule has 2 aromatic rings. The van der Waals surface area contributed by atoms with Crippen molar-refractivity contribution in [1.82, 2.24) is 15.5 Å². The molecule has 0 radical (unpaired) electrons. The van der Waals surface area contributed by atoms with E-state index in [-0.39, 0.29) is 35.8 Å². The van der Waals surface area contributed by atoms with Crippen LogP contribution in [0, 0.1) is 0 Å². The van der Waals surface area contributed by atoms with Crippen LogP contribution in [0.2, 0.25) is 0 Å². The van der Waals surface area contributed by atoms with Crippen LogP contribution in [0.4, 0.5) is 8.78 Å². The van der Waals surface area contributed by atoms with E-state index in [2.05, 4.69) is 37.4 Å². The third-order valence-corrected chi connectivity index (χ3v) is 5.33. The highest BCUT2D eigenvalue weighted by Gasteiger charge is 2.24. The summed E-state index contributed by atoms with van der Waals surface area (Å²) in [7, 11) is 3.39. The second-order valence-electron chi connectivity index (χ2n) is 7.37. The molecular weight excluding hydrogens is 529 g/mol. The van der Waals surface area contributed by atoms with E-state index < -0.39 is 6.61 Å². The molecule has 0 aromatic heterocycles. The van der Waals surface area contributed by atoms with Gasteiger partial charge in [-0.2, -0.15) is 8.78 Å². The van der Waals surface area contributed by atoms with Crippen molar-refractivity contribution in [2.45, 2.75) is 32.0 Å². The number of hydrogen-bond acceptors (Lipinski definition) is 4. The molecule has 3 rings (SSSR count). The molecule has 176 valence electrons. The standard InChI is InChI=1S/C23H30F2N4O2.HI/c1-26-23(27-15-17-7-5-10-20(13-17)31-22(24)25)28-16-21(29-11-3-4-12-29)18-8-6-9-19(14-18)30-2;/h5-10,13-14,21-22H,3-4,11-12,15-16H2,1-2H3,(H2,26,27,28);1H. The minimum absolute atomic E-state index is 0. The number of ether oxygens (including phenoxy) is 2. The van der Waals surface area contributed by atoms with E-state index in [1.165, 1.54) is 24.5 Å². The average molecular weight is 560 g/mol. The van der Waals surface area contributed by atoms with Crippen LogP contribution >= 0.6 is 24.0 Å². The number of nitrogens with zero attached hydrogens (tertiary/aromatic N) is 2. The first-order valence-electron chi connectivity index (χ1n) is 10.5. The first-order valence-corrected chi connectivity index (χ1v) is 10.5. The quantitative estimate of drug-likeness (QED) is 0.270. The van der Waals surface area contributed by atoms with Crippen molar-refractivity contribution in [3.8, 4) is 11.5 Å². The van der Waals surface area contributed by atoms with Gasteiger partial charge >= 0.3 is 6.61 Å². The molecule has 1 heterocycles. The Morgan fingerprint density at radius 3 is 2.47 bits per heavy atom. The van der Waals surface area contributed by atoms with Crippen molar-refractivity contribution < 1.29 is 18.3 Å². The van der Waals surface area contributed by atoms with Crippen LogP contribution in [0.5, 0.6) is 11.5 Å². The predicted octanol–water partition coefficient (Wildman–Crippen LogP) is 4.42. The maximum atomic E-state index is 12.4. The lowest BCUT2D eigenvalue weighted by Gasteiger charge is -2.29. The molecular formula is C23H31F2IN4O2. The molecule has 0 aliphatic carbocycles. The zero-order valence-corrected chi connectivity index (χ0v) is 20.7. The van der Waals surface area contributed by atoms with Crippen molar-refractivity contribution in [3.05, 3.63) is 59.7 Å². The van der Waals surface area contributed by atoms with Crippen LogP contribution in [0.25, 0.3) is 0 Å². The Balaban J connectivity index is 0.00000363. The van der Waals surface area contributed by atoms with Crippen molar-refractivity contribution in [3.63, 3.8) is 0 Å². The highest BCUT2D eigenvalue weighted by Crippen LogP contribution is 2.27. The topological polar surface area (TPSA) is 58.1 Å². The number of likely N-dealkylation sites (tertiary alicyclic amines) is 1. The minimum atomic E-state index is -2.84. The highest BCUT2D eigenvalue weighted by molar-refractivity contribution is 14.0. The van der Waals surface area contributed by atoms with Crippen LogP contribution in [0.1, 0.15) is 30.0 Å². The van der Waals surface area contributed by atoms with Gasteiger partial charge in [-0.05, 0) is 61.3 Å². The van der Waals surface area contributed by atoms with Gasteiger partial charge in [-0.1, -0.05) is 24.3 Å². The lowest BCUT2D eigenvalue weighted by molar-refractivity contribution is -0.0498. The van der Waals surface area contributed by atoms with Gasteiger partial charge in [0.25, 0.3) is 0 Å². The molecule has 1 saturated heterocycles. The van der Waals surface area contributed by atoms with E-state index >= 15 is 0 Å². The van der Waals surface area contributed by atoms with Crippen molar-refractivity contribution in [2.24, 2.45) is 4.99 Å². The van der Waals surface area contributed by atoms with Gasteiger partial charge in [-0.15, -0.1) is 24.0 Å². The van der Waals surface area contributed by atoms with Crippen LogP contribution in [-0.2, 0) is 6.54 Å². The Bertz CT molecular complexity index is 863. The third kappa shape index (κ3) is 7.77. The van der Waals surface area contributed by atoms with Crippen LogP contribution in [-0.4, -0.2) is 51.3 Å². The van der Waals surface area contributed by atoms with E-state index in [4.69, 9.17) is 4.74 Å². The van der Waals surface area contributed by atoms with Gasteiger partial charge in [0.1, 0.15) is 11.5 Å². The number of aliphatic imine (C=N–C) groups is 1. The van der Waals surface area contributed by atoms with E-state index in [0.29, 0.717) is 19.0 Å². The summed E-state index contributed by atoms with van der Waals surface area (Å²) in [5.41, 5.74) is 2.02. The molecule has 0 saturated carbocycles. The maximum absolute atomic E-state index is 12.4. The largest absolute Gasteiger partial charge is 0.497 e. The monoisotopic (exact) mass is 560 g/mol. The van der Waals surface area contributed by atoms with E-state index in [1.54, 1.807) is 26.3 Å². The molecule has 1 aliphatic heterocycles. The zero-order chi connectivity index (χ0) is 22.1. The maximum Gasteiger partial charge on any atom is 0.387 e. The summed E-state index contributed by atoms with van der Waals surface area (Å²) < 4.78 is 34.7. The fourth-order valence-corrected chi connectivity index (χ4v) is 3.79. The van der Waals surface area contributed by atoms with Gasteiger partial charge in [-0.25, -0.2) is 0 Å². The lowest BCUT2D eigenvalue weighted by Crippen LogP contribution is -2.42. The molecule has 6 nitrogen and oxygen atoms in total. The van der Waals surface area contributed by atoms with Crippen molar-refractivity contribution >= 4 is 29.9 Å². The molecule has 32 heavy (non-hydrogen) atoms. The van der Waals surface area contributed by atoms with Gasteiger partial charge in [0.05, 0.1) is 13.2 Å². The number of methoxy groups -OCH3 is 1. The molecule has 0 amide bonds. The van der Waals surface area contributed by atoms with Crippen LogP contribution < -0.4 is 20.1 Å². The highest BCUT2D eigenvalue weighted by atomic mass is 127. The smallest absolute Gasteiger partial charge is 0.387 e. The summed E-state index contributed by atoms with van der Waals surface area (Å²) >= 11 is 0. The molecule has 1 unspecified atom stereocenters. The molecule has 1 aliphatic rings. The fourth-order valence-electron chi connectivity index (χ4n) is 3.79. The Hall–Kier alpha value is -2.14. The first kappa shape index (κ1) is 26.1. The first-order chi connectivity index (χ1) is 15.1. The zero-order valence-electron chi connectivity index (χ0n) is 18.4. The van der Waals surface area contributed by atoms with Crippen LogP contribution in [0.3, 0.4) is 0 Å². The van der Waals surface area contributed by atoms with Gasteiger partial charge < -0.3 is 20.1 Å². The minimum Gasteiger partial charge on any atom is -0.497 e. The molecule has 0 bridgehead atoms. The molecule has 2 aromatic carbocycles. The lowest BCUT2D eigenvalue weighted by atomic mass is 10.1. The van der Waals surface area contributed by atoms with E-state index in [1.807, 2.05) is 18.2 Å². The molecule has 2 N–H and O–H groups in total. The van der Waals surface area contributed by atoms with Gasteiger partial charge in [0.2, 0.25) is 0 Å². The Kier molecular flexibility index (Phi) is 10.9. The fraction of sp³-hybridized carbons (Fsp3) is 0.435. The average Bonchev–Trinajstić information content (AvgIpc) is 3.30. The number of nitrogens with one attached hydrogen (secondary N) is 2. The van der Waals surface area contributed by atoms with E-state index in [9.17, 15) is 8.78 Å². The summed E-state index contributed by atoms with van der Waals surface area (Å²) in [5, 5.41) is 6.64. The Labute approximate surface area is 205 Å². The SMILES string of the molecule is CN=C(NCc1cccc(OC(F)F)c1)NCC(c1cccc(OC)c1)N1CCCC1.I. The molecule has 1 atom stereocenters. The van der Waals surface area contributed by atoms with Crippen molar-refractivity contribution in [1.29, 1.82) is 0 Å². The number of benzene rings is 2. The van der Waals surface area contributed by atoms with Gasteiger partial charge in [0, 0.05) is 20.1 Å². The summed E-state index contributed by atoms with van der Waals surface area (Å²) in [5.74, 6) is 1.63. The summed E-state index contributed by atoms with van der Waals surface area (Å²) in [6.45, 7) is 0.408.